The molecule has 0 atom stereocenters. The van der Waals surface area contributed by atoms with Gasteiger partial charge >= 0.3 is 0 Å². The summed E-state index contributed by atoms with van der Waals surface area (Å²) < 4.78 is 10.5. The molecular weight excluding hydrogens is 250 g/mol. The molecule has 0 spiro atoms. The van der Waals surface area contributed by atoms with E-state index in [1.807, 2.05) is 31.2 Å². The fraction of sp³-hybridized carbons (Fsp3) is 0.167. The van der Waals surface area contributed by atoms with Crippen molar-refractivity contribution < 1.29 is 8.83 Å². The van der Waals surface area contributed by atoms with E-state index in [9.17, 15) is 0 Å². The number of rotatable bonds is 4. The maximum absolute atomic E-state index is 5.32. The predicted octanol–water partition coefficient (Wildman–Crippen LogP) is 2.18. The molecule has 0 aliphatic heterocycles. The Morgan fingerprint density at radius 1 is 1.44 bits per heavy atom. The molecule has 5 nitrogen and oxygen atoms in total. The number of hydrogen-bond acceptors (Lipinski definition) is 4. The van der Waals surface area contributed by atoms with Crippen molar-refractivity contribution in [3.63, 3.8) is 0 Å². The van der Waals surface area contributed by atoms with E-state index in [1.165, 1.54) is 0 Å². The van der Waals surface area contributed by atoms with Crippen LogP contribution in [0.25, 0.3) is 0 Å². The highest BCUT2D eigenvalue weighted by Crippen LogP contribution is 2.02. The summed E-state index contributed by atoms with van der Waals surface area (Å²) >= 11 is 5.04. The van der Waals surface area contributed by atoms with Crippen LogP contribution in [0.4, 0.5) is 0 Å². The zero-order chi connectivity index (χ0) is 12.8. The van der Waals surface area contributed by atoms with Gasteiger partial charge in [0.05, 0.1) is 19.0 Å². The average molecular weight is 263 g/mol. The topological polar surface area (TPSA) is 62.7 Å². The second-order valence-electron chi connectivity index (χ2n) is 3.58. The third kappa shape index (κ3) is 3.74. The van der Waals surface area contributed by atoms with Crippen molar-refractivity contribution in [2.45, 2.75) is 13.5 Å². The Bertz CT molecular complexity index is 531. The lowest BCUT2D eigenvalue weighted by atomic mass is 10.4. The van der Waals surface area contributed by atoms with Gasteiger partial charge in [-0.1, -0.05) is 0 Å². The van der Waals surface area contributed by atoms with Gasteiger partial charge in [-0.05, 0) is 43.4 Å². The lowest BCUT2D eigenvalue weighted by Crippen LogP contribution is -2.31. The largest absolute Gasteiger partial charge is 0.467 e. The minimum Gasteiger partial charge on any atom is -0.467 e. The summed E-state index contributed by atoms with van der Waals surface area (Å²) in [7, 11) is 0. The van der Waals surface area contributed by atoms with Crippen molar-refractivity contribution in [1.82, 2.24) is 10.7 Å². The first kappa shape index (κ1) is 12.4. The van der Waals surface area contributed by atoms with E-state index in [-0.39, 0.29) is 0 Å². The van der Waals surface area contributed by atoms with Crippen molar-refractivity contribution >= 4 is 23.5 Å². The van der Waals surface area contributed by atoms with Crippen LogP contribution in [0, 0.1) is 6.92 Å². The fourth-order valence-electron chi connectivity index (χ4n) is 1.30. The molecule has 0 unspecified atom stereocenters. The number of furan rings is 2. The van der Waals surface area contributed by atoms with Crippen LogP contribution in [0.1, 0.15) is 17.3 Å². The summed E-state index contributed by atoms with van der Waals surface area (Å²) in [4.78, 5) is 0. The molecule has 0 bridgehead atoms. The molecule has 0 fully saturated rings. The minimum atomic E-state index is 0.422. The second kappa shape index (κ2) is 6.02. The minimum absolute atomic E-state index is 0.422. The van der Waals surface area contributed by atoms with E-state index in [4.69, 9.17) is 21.1 Å². The molecule has 0 amide bonds. The number of hydrogen-bond donors (Lipinski definition) is 2. The smallest absolute Gasteiger partial charge is 0.187 e. The van der Waals surface area contributed by atoms with E-state index in [0.717, 1.165) is 11.5 Å². The SMILES string of the molecule is Cc1ccc(C=NNC(=S)NCc2ccco2)o1. The summed E-state index contributed by atoms with van der Waals surface area (Å²) in [6.45, 7) is 2.40. The van der Waals surface area contributed by atoms with Crippen LogP contribution >= 0.6 is 12.2 Å². The first-order chi connectivity index (χ1) is 8.74. The number of thiocarbonyl (C=S) groups is 1. The van der Waals surface area contributed by atoms with E-state index >= 15 is 0 Å². The Balaban J connectivity index is 1.73. The van der Waals surface area contributed by atoms with Crippen LogP contribution in [0.15, 0.2) is 44.5 Å². The zero-order valence-corrected chi connectivity index (χ0v) is 10.7. The van der Waals surface area contributed by atoms with Gasteiger partial charge in [0.25, 0.3) is 0 Å². The summed E-state index contributed by atoms with van der Waals surface area (Å²) in [5, 5.41) is 7.33. The van der Waals surface area contributed by atoms with Gasteiger partial charge in [0, 0.05) is 0 Å². The summed E-state index contributed by atoms with van der Waals surface area (Å²) in [6, 6.07) is 7.39. The van der Waals surface area contributed by atoms with Crippen LogP contribution in [0.2, 0.25) is 0 Å². The third-order valence-electron chi connectivity index (χ3n) is 2.12. The highest BCUT2D eigenvalue weighted by Gasteiger charge is 1.97. The highest BCUT2D eigenvalue weighted by atomic mass is 32.1. The fourth-order valence-corrected chi connectivity index (χ4v) is 1.42. The summed E-state index contributed by atoms with van der Waals surface area (Å²) in [6.07, 6.45) is 3.18. The Morgan fingerprint density at radius 2 is 2.33 bits per heavy atom. The second-order valence-corrected chi connectivity index (χ2v) is 3.99. The lowest BCUT2D eigenvalue weighted by molar-refractivity contribution is 0.502. The Hall–Kier alpha value is -2.08. The third-order valence-corrected chi connectivity index (χ3v) is 2.36. The molecule has 0 aliphatic carbocycles. The number of nitrogens with zero attached hydrogens (tertiary/aromatic N) is 1. The van der Waals surface area contributed by atoms with Crippen molar-refractivity contribution in [3.05, 3.63) is 47.8 Å². The molecule has 2 rings (SSSR count). The standard InChI is InChI=1S/C12H13N3O2S/c1-9-4-5-11(17-9)8-14-15-12(18)13-7-10-3-2-6-16-10/h2-6,8H,7H2,1H3,(H2,13,15,18). The Morgan fingerprint density at radius 3 is 3.00 bits per heavy atom. The number of aryl methyl sites for hydroxylation is 1. The Labute approximate surface area is 110 Å². The van der Waals surface area contributed by atoms with E-state index in [1.54, 1.807) is 12.5 Å². The highest BCUT2D eigenvalue weighted by molar-refractivity contribution is 7.80. The van der Waals surface area contributed by atoms with E-state index in [2.05, 4.69) is 15.8 Å². The molecule has 0 saturated carbocycles. The Kier molecular flexibility index (Phi) is 4.14. The number of hydrazone groups is 1. The molecule has 2 aromatic heterocycles. The van der Waals surface area contributed by atoms with Gasteiger partial charge in [-0.15, -0.1) is 0 Å². The van der Waals surface area contributed by atoms with Crippen molar-refractivity contribution in [3.8, 4) is 0 Å². The predicted molar refractivity (Wildman–Crippen MR) is 72.3 cm³/mol. The van der Waals surface area contributed by atoms with Crippen molar-refractivity contribution in [2.75, 3.05) is 0 Å². The first-order valence-electron chi connectivity index (χ1n) is 5.40. The molecule has 2 heterocycles. The monoisotopic (exact) mass is 263 g/mol. The van der Waals surface area contributed by atoms with Gasteiger partial charge in [-0.25, -0.2) is 0 Å². The van der Waals surface area contributed by atoms with Crippen LogP contribution in [0.5, 0.6) is 0 Å². The molecule has 2 aromatic rings. The maximum atomic E-state index is 5.32. The summed E-state index contributed by atoms with van der Waals surface area (Å²) in [5.41, 5.74) is 2.69. The van der Waals surface area contributed by atoms with Crippen LogP contribution in [-0.2, 0) is 6.54 Å². The van der Waals surface area contributed by atoms with E-state index in [0.29, 0.717) is 17.4 Å². The number of nitrogens with one attached hydrogen (secondary N) is 2. The molecule has 0 aliphatic rings. The maximum Gasteiger partial charge on any atom is 0.187 e. The average Bonchev–Trinajstić information content (AvgIpc) is 2.98. The molecule has 0 radical (unpaired) electrons. The zero-order valence-electron chi connectivity index (χ0n) is 9.84. The van der Waals surface area contributed by atoms with Gasteiger partial charge in [0.1, 0.15) is 17.3 Å². The van der Waals surface area contributed by atoms with Crippen molar-refractivity contribution in [1.29, 1.82) is 0 Å². The first-order valence-corrected chi connectivity index (χ1v) is 5.80. The van der Waals surface area contributed by atoms with Gasteiger partial charge < -0.3 is 14.2 Å². The molecule has 0 aromatic carbocycles. The van der Waals surface area contributed by atoms with Gasteiger partial charge in [-0.3, -0.25) is 5.43 Å². The quantitative estimate of drug-likeness (QED) is 0.503. The molecule has 0 saturated heterocycles. The van der Waals surface area contributed by atoms with Gasteiger partial charge in [0.15, 0.2) is 5.11 Å². The van der Waals surface area contributed by atoms with Crippen LogP contribution < -0.4 is 10.7 Å². The van der Waals surface area contributed by atoms with E-state index < -0.39 is 0 Å². The molecular formula is C12H13N3O2S. The molecule has 94 valence electrons. The lowest BCUT2D eigenvalue weighted by Gasteiger charge is -2.04. The molecule has 18 heavy (non-hydrogen) atoms. The van der Waals surface area contributed by atoms with Crippen molar-refractivity contribution in [2.24, 2.45) is 5.10 Å². The van der Waals surface area contributed by atoms with Gasteiger partial charge in [0.2, 0.25) is 0 Å². The molecule has 6 heteroatoms. The molecule has 2 N–H and O–H groups in total. The van der Waals surface area contributed by atoms with Crippen LogP contribution in [0.3, 0.4) is 0 Å². The van der Waals surface area contributed by atoms with Crippen LogP contribution in [-0.4, -0.2) is 11.3 Å². The normalized spacial score (nSPS) is 10.7. The van der Waals surface area contributed by atoms with Gasteiger partial charge in [-0.2, -0.15) is 5.10 Å². The summed E-state index contributed by atoms with van der Waals surface area (Å²) in [5.74, 6) is 2.33.